The first-order valence-corrected chi connectivity index (χ1v) is 7.10. The minimum Gasteiger partial charge on any atom is -0.463 e. The van der Waals surface area contributed by atoms with Crippen LogP contribution in [0.1, 0.15) is 17.5 Å². The van der Waals surface area contributed by atoms with Gasteiger partial charge in [0, 0.05) is 24.4 Å². The molecule has 2 heterocycles. The summed E-state index contributed by atoms with van der Waals surface area (Å²) >= 11 is 0. The maximum atomic E-state index is 5.72. The van der Waals surface area contributed by atoms with Gasteiger partial charge in [-0.05, 0) is 29.5 Å². The van der Waals surface area contributed by atoms with Crippen molar-refractivity contribution in [1.82, 2.24) is 9.97 Å². The van der Waals surface area contributed by atoms with Crippen molar-refractivity contribution in [3.8, 4) is 11.1 Å². The van der Waals surface area contributed by atoms with Gasteiger partial charge in [-0.1, -0.05) is 18.2 Å². The highest BCUT2D eigenvalue weighted by atomic mass is 16.5. The SMILES string of the molecule is NC1=NC2(CCc3cccc(-c4cncnc4)c3C2)CO1. The first-order chi connectivity index (χ1) is 10.3. The average Bonchev–Trinajstić information content (AvgIpc) is 2.88. The summed E-state index contributed by atoms with van der Waals surface area (Å²) in [6, 6.07) is 6.73. The first kappa shape index (κ1) is 12.3. The molecule has 0 radical (unpaired) electrons. The summed E-state index contributed by atoms with van der Waals surface area (Å²) in [4.78, 5) is 12.8. The van der Waals surface area contributed by atoms with Crippen molar-refractivity contribution in [2.45, 2.75) is 24.8 Å². The zero-order valence-electron chi connectivity index (χ0n) is 11.6. The summed E-state index contributed by atoms with van der Waals surface area (Å²) in [5, 5.41) is 0. The minimum atomic E-state index is -0.192. The second-order valence-electron chi connectivity index (χ2n) is 5.71. The van der Waals surface area contributed by atoms with Crippen molar-refractivity contribution in [3.63, 3.8) is 0 Å². The van der Waals surface area contributed by atoms with Gasteiger partial charge in [0.15, 0.2) is 0 Å². The zero-order chi connectivity index (χ0) is 14.3. The van der Waals surface area contributed by atoms with Crippen LogP contribution in [0.3, 0.4) is 0 Å². The molecule has 106 valence electrons. The Morgan fingerprint density at radius 3 is 2.81 bits per heavy atom. The quantitative estimate of drug-likeness (QED) is 0.863. The fraction of sp³-hybridized carbons (Fsp3) is 0.312. The third-order valence-electron chi connectivity index (χ3n) is 4.35. The molecular formula is C16H16N4O. The van der Waals surface area contributed by atoms with Gasteiger partial charge in [-0.15, -0.1) is 0 Å². The van der Waals surface area contributed by atoms with E-state index in [4.69, 9.17) is 10.5 Å². The number of fused-ring (bicyclic) bond motifs is 1. The molecule has 4 rings (SSSR count). The van der Waals surface area contributed by atoms with Crippen LogP contribution in [-0.2, 0) is 17.6 Å². The standard InChI is InChI=1S/C16H16N4O/c17-15-20-16(9-21-15)5-4-11-2-1-3-13(14(11)6-16)12-7-18-10-19-8-12/h1-3,7-8,10H,4-6,9H2,(H2,17,20). The van der Waals surface area contributed by atoms with Gasteiger partial charge in [0.1, 0.15) is 18.5 Å². The second kappa shape index (κ2) is 4.55. The molecule has 1 aromatic carbocycles. The van der Waals surface area contributed by atoms with E-state index in [1.165, 1.54) is 16.7 Å². The molecule has 1 spiro atoms. The van der Waals surface area contributed by atoms with Gasteiger partial charge in [0.25, 0.3) is 6.02 Å². The number of aromatic nitrogens is 2. The van der Waals surface area contributed by atoms with E-state index in [2.05, 4.69) is 33.2 Å². The van der Waals surface area contributed by atoms with Gasteiger partial charge in [-0.2, -0.15) is 0 Å². The summed E-state index contributed by atoms with van der Waals surface area (Å²) in [5.41, 5.74) is 10.5. The van der Waals surface area contributed by atoms with E-state index >= 15 is 0 Å². The molecule has 2 aliphatic rings. The molecule has 21 heavy (non-hydrogen) atoms. The van der Waals surface area contributed by atoms with Crippen LogP contribution in [0.15, 0.2) is 41.9 Å². The lowest BCUT2D eigenvalue weighted by molar-refractivity contribution is 0.235. The van der Waals surface area contributed by atoms with E-state index in [1.54, 1.807) is 6.33 Å². The number of rotatable bonds is 1. The molecule has 1 atom stereocenters. The number of nitrogens with two attached hydrogens (primary N) is 1. The van der Waals surface area contributed by atoms with E-state index < -0.39 is 0 Å². The Kier molecular flexibility index (Phi) is 2.67. The molecule has 0 bridgehead atoms. The minimum absolute atomic E-state index is 0.192. The number of amidine groups is 1. The monoisotopic (exact) mass is 280 g/mol. The van der Waals surface area contributed by atoms with Crippen LogP contribution >= 0.6 is 0 Å². The third kappa shape index (κ3) is 2.05. The highest BCUT2D eigenvalue weighted by Gasteiger charge is 2.40. The molecule has 0 saturated heterocycles. The van der Waals surface area contributed by atoms with Crippen molar-refractivity contribution in [3.05, 3.63) is 48.0 Å². The Labute approximate surface area is 122 Å². The topological polar surface area (TPSA) is 73.4 Å². The number of hydrogen-bond acceptors (Lipinski definition) is 5. The first-order valence-electron chi connectivity index (χ1n) is 7.10. The molecule has 5 heteroatoms. The van der Waals surface area contributed by atoms with Crippen LogP contribution < -0.4 is 5.73 Å². The predicted molar refractivity (Wildman–Crippen MR) is 79.8 cm³/mol. The fourth-order valence-electron chi connectivity index (χ4n) is 3.30. The summed E-state index contributed by atoms with van der Waals surface area (Å²) in [7, 11) is 0. The van der Waals surface area contributed by atoms with Gasteiger partial charge >= 0.3 is 0 Å². The Balaban J connectivity index is 1.80. The number of ether oxygens (including phenoxy) is 1. The molecule has 0 fully saturated rings. The lowest BCUT2D eigenvalue weighted by Gasteiger charge is -2.31. The van der Waals surface area contributed by atoms with Crippen LogP contribution in [0.2, 0.25) is 0 Å². The van der Waals surface area contributed by atoms with Gasteiger partial charge in [0.05, 0.1) is 0 Å². The fourth-order valence-corrected chi connectivity index (χ4v) is 3.30. The normalized spacial score (nSPS) is 23.5. The summed E-state index contributed by atoms with van der Waals surface area (Å²) in [6.45, 7) is 0.581. The van der Waals surface area contributed by atoms with E-state index in [0.717, 1.165) is 24.8 Å². The molecule has 0 amide bonds. The number of nitrogens with zero attached hydrogens (tertiary/aromatic N) is 3. The Hall–Kier alpha value is -2.43. The van der Waals surface area contributed by atoms with E-state index in [1.807, 2.05) is 12.4 Å². The third-order valence-corrected chi connectivity index (χ3v) is 4.35. The molecule has 1 aliphatic heterocycles. The number of benzene rings is 1. The zero-order valence-corrected chi connectivity index (χ0v) is 11.6. The van der Waals surface area contributed by atoms with Crippen molar-refractivity contribution in [2.24, 2.45) is 10.7 Å². The maximum absolute atomic E-state index is 5.72. The van der Waals surface area contributed by atoms with E-state index in [9.17, 15) is 0 Å². The second-order valence-corrected chi connectivity index (χ2v) is 5.71. The maximum Gasteiger partial charge on any atom is 0.282 e. The number of aliphatic imine (C=N–C) groups is 1. The molecule has 0 saturated carbocycles. The molecular weight excluding hydrogens is 264 g/mol. The van der Waals surface area contributed by atoms with Crippen molar-refractivity contribution in [2.75, 3.05) is 6.61 Å². The molecule has 1 aliphatic carbocycles. The lowest BCUT2D eigenvalue weighted by Crippen LogP contribution is -2.35. The Morgan fingerprint density at radius 2 is 2.05 bits per heavy atom. The molecule has 2 N–H and O–H groups in total. The van der Waals surface area contributed by atoms with E-state index in [0.29, 0.717) is 12.6 Å². The lowest BCUT2D eigenvalue weighted by atomic mass is 9.76. The summed E-state index contributed by atoms with van der Waals surface area (Å²) in [6.07, 6.45) is 8.09. The molecule has 1 unspecified atom stereocenters. The van der Waals surface area contributed by atoms with Gasteiger partial charge in [-0.3, -0.25) is 0 Å². The Morgan fingerprint density at radius 1 is 1.19 bits per heavy atom. The van der Waals surface area contributed by atoms with Crippen LogP contribution in [0.5, 0.6) is 0 Å². The Bertz CT molecular complexity index is 713. The highest BCUT2D eigenvalue weighted by molar-refractivity contribution is 5.74. The highest BCUT2D eigenvalue weighted by Crippen LogP contribution is 2.38. The van der Waals surface area contributed by atoms with Gasteiger partial charge in [0.2, 0.25) is 0 Å². The van der Waals surface area contributed by atoms with Crippen LogP contribution in [0, 0.1) is 0 Å². The van der Waals surface area contributed by atoms with Crippen LogP contribution in [-0.4, -0.2) is 28.1 Å². The smallest absolute Gasteiger partial charge is 0.282 e. The average molecular weight is 280 g/mol. The van der Waals surface area contributed by atoms with Gasteiger partial charge in [-0.25, -0.2) is 15.0 Å². The van der Waals surface area contributed by atoms with Crippen molar-refractivity contribution in [1.29, 1.82) is 0 Å². The molecule has 1 aromatic heterocycles. The van der Waals surface area contributed by atoms with Crippen molar-refractivity contribution < 1.29 is 4.74 Å². The largest absolute Gasteiger partial charge is 0.463 e. The predicted octanol–water partition coefficient (Wildman–Crippen LogP) is 1.72. The van der Waals surface area contributed by atoms with Crippen LogP contribution in [0.25, 0.3) is 11.1 Å². The molecule has 2 aromatic rings. The summed E-state index contributed by atoms with van der Waals surface area (Å²) < 4.78 is 5.41. The van der Waals surface area contributed by atoms with Crippen molar-refractivity contribution >= 4 is 6.02 Å². The summed E-state index contributed by atoms with van der Waals surface area (Å²) in [5.74, 6) is 0. The van der Waals surface area contributed by atoms with Gasteiger partial charge < -0.3 is 10.5 Å². The van der Waals surface area contributed by atoms with Crippen LogP contribution in [0.4, 0.5) is 0 Å². The number of hydrogen-bond donors (Lipinski definition) is 1. The van der Waals surface area contributed by atoms with E-state index in [-0.39, 0.29) is 5.54 Å². The number of aryl methyl sites for hydroxylation is 1. The molecule has 5 nitrogen and oxygen atoms in total.